The first-order valence-corrected chi connectivity index (χ1v) is 11.0. The Labute approximate surface area is 196 Å². The maximum atomic E-state index is 12.7. The van der Waals surface area contributed by atoms with E-state index in [4.69, 9.17) is 9.47 Å². The second-order valence-electron chi connectivity index (χ2n) is 8.98. The van der Waals surface area contributed by atoms with Crippen molar-refractivity contribution >= 4 is 12.1 Å². The van der Waals surface area contributed by atoms with Crippen LogP contribution in [0.1, 0.15) is 54.9 Å². The minimum absolute atomic E-state index is 0.0169. The molecule has 1 aliphatic heterocycles. The van der Waals surface area contributed by atoms with Gasteiger partial charge in [-0.1, -0.05) is 24.3 Å². The second kappa shape index (κ2) is 9.95. The Balaban J connectivity index is 1.63. The van der Waals surface area contributed by atoms with Crippen LogP contribution >= 0.6 is 0 Å². The van der Waals surface area contributed by atoms with E-state index in [1.807, 2.05) is 25.1 Å². The van der Waals surface area contributed by atoms with Crippen molar-refractivity contribution in [3.8, 4) is 5.75 Å². The first-order chi connectivity index (χ1) is 15.9. The highest BCUT2D eigenvalue weighted by atomic mass is 19.4. The Bertz CT molecular complexity index is 1030. The predicted molar refractivity (Wildman–Crippen MR) is 119 cm³/mol. The lowest BCUT2D eigenvalue weighted by Gasteiger charge is -2.33. The number of carboxylic acids is 1. The van der Waals surface area contributed by atoms with Crippen LogP contribution in [0, 0.1) is 6.92 Å². The number of ether oxygens (including phenoxy) is 2. The van der Waals surface area contributed by atoms with Gasteiger partial charge in [-0.2, -0.15) is 13.2 Å². The van der Waals surface area contributed by atoms with Crippen molar-refractivity contribution in [1.82, 2.24) is 4.90 Å². The van der Waals surface area contributed by atoms with Gasteiger partial charge < -0.3 is 19.5 Å². The van der Waals surface area contributed by atoms with Gasteiger partial charge in [0.05, 0.1) is 5.56 Å². The number of likely N-dealkylation sites (tertiary alicyclic amines) is 1. The molecule has 0 aromatic heterocycles. The van der Waals surface area contributed by atoms with Crippen molar-refractivity contribution in [2.45, 2.75) is 57.9 Å². The molecule has 1 fully saturated rings. The Hall–Kier alpha value is -3.23. The van der Waals surface area contributed by atoms with Crippen LogP contribution in [0.4, 0.5) is 18.0 Å². The Morgan fingerprint density at radius 3 is 2.41 bits per heavy atom. The number of rotatable bonds is 6. The number of carboxylic acid groups (broad SMARTS) is 1. The fourth-order valence-corrected chi connectivity index (χ4v) is 3.74. The first kappa shape index (κ1) is 25.4. The third-order valence-corrected chi connectivity index (χ3v) is 5.89. The van der Waals surface area contributed by atoms with E-state index < -0.39 is 29.4 Å². The number of carbonyl (C=O) groups excluding carboxylic acids is 1. The molecule has 1 saturated heterocycles. The van der Waals surface area contributed by atoms with Crippen LogP contribution in [0.3, 0.4) is 0 Å². The van der Waals surface area contributed by atoms with Crippen molar-refractivity contribution in [2.24, 2.45) is 0 Å². The summed E-state index contributed by atoms with van der Waals surface area (Å²) in [5.74, 6) is -0.577. The van der Waals surface area contributed by atoms with Gasteiger partial charge in [0.15, 0.2) is 5.60 Å². The lowest BCUT2D eigenvalue weighted by molar-refractivity contribution is -0.152. The van der Waals surface area contributed by atoms with Gasteiger partial charge in [-0.25, -0.2) is 9.59 Å². The highest BCUT2D eigenvalue weighted by Gasteiger charge is 2.32. The summed E-state index contributed by atoms with van der Waals surface area (Å²) < 4.78 is 49.1. The SMILES string of the molecule is Cc1ccc([C@H]2CCCN(C(=O)OCc3ccc(C(F)(F)F)cc3)C2)cc1OC(C)(C)C(=O)O. The number of aryl methyl sites for hydroxylation is 1. The van der Waals surface area contributed by atoms with E-state index in [1.54, 1.807) is 4.90 Å². The van der Waals surface area contributed by atoms with E-state index >= 15 is 0 Å². The van der Waals surface area contributed by atoms with Crippen LogP contribution in [0.25, 0.3) is 0 Å². The number of nitrogens with zero attached hydrogens (tertiary/aromatic N) is 1. The molecule has 34 heavy (non-hydrogen) atoms. The average molecular weight is 479 g/mol. The van der Waals surface area contributed by atoms with Gasteiger partial charge in [-0.15, -0.1) is 0 Å². The number of benzene rings is 2. The number of carbonyl (C=O) groups is 2. The van der Waals surface area contributed by atoms with E-state index in [0.29, 0.717) is 24.4 Å². The summed E-state index contributed by atoms with van der Waals surface area (Å²) >= 11 is 0. The van der Waals surface area contributed by atoms with Gasteiger partial charge in [0.1, 0.15) is 12.4 Å². The van der Waals surface area contributed by atoms with E-state index in [9.17, 15) is 27.9 Å². The highest BCUT2D eigenvalue weighted by Crippen LogP contribution is 2.33. The molecule has 0 saturated carbocycles. The normalized spacial score (nSPS) is 16.8. The van der Waals surface area contributed by atoms with Gasteiger partial charge in [-0.05, 0) is 68.5 Å². The number of piperidine rings is 1. The minimum Gasteiger partial charge on any atom is -0.478 e. The first-order valence-electron chi connectivity index (χ1n) is 11.0. The summed E-state index contributed by atoms with van der Waals surface area (Å²) in [6, 6.07) is 10.1. The topological polar surface area (TPSA) is 76.1 Å². The Kier molecular flexibility index (Phi) is 7.43. The number of hydrogen-bond donors (Lipinski definition) is 1. The van der Waals surface area contributed by atoms with Gasteiger partial charge in [0.2, 0.25) is 0 Å². The third-order valence-electron chi connectivity index (χ3n) is 5.89. The number of alkyl halides is 3. The van der Waals surface area contributed by atoms with Gasteiger partial charge in [-0.3, -0.25) is 0 Å². The van der Waals surface area contributed by atoms with Crippen LogP contribution in [-0.4, -0.2) is 40.8 Å². The molecule has 1 aliphatic rings. The quantitative estimate of drug-likeness (QED) is 0.569. The summed E-state index contributed by atoms with van der Waals surface area (Å²) in [6.45, 7) is 5.61. The monoisotopic (exact) mass is 479 g/mol. The van der Waals surface area contributed by atoms with Crippen molar-refractivity contribution < 1.29 is 37.3 Å². The summed E-state index contributed by atoms with van der Waals surface area (Å²) in [6.07, 6.45) is -3.35. The maximum Gasteiger partial charge on any atom is 0.416 e. The molecular weight excluding hydrogens is 451 g/mol. The molecule has 1 N–H and O–H groups in total. The zero-order valence-corrected chi connectivity index (χ0v) is 19.3. The number of aliphatic carboxylic acids is 1. The fourth-order valence-electron chi connectivity index (χ4n) is 3.74. The van der Waals surface area contributed by atoms with Crippen molar-refractivity contribution in [2.75, 3.05) is 13.1 Å². The van der Waals surface area contributed by atoms with Crippen molar-refractivity contribution in [3.63, 3.8) is 0 Å². The van der Waals surface area contributed by atoms with E-state index in [2.05, 4.69) is 0 Å². The molecule has 2 aromatic rings. The Morgan fingerprint density at radius 2 is 1.79 bits per heavy atom. The Morgan fingerprint density at radius 1 is 1.12 bits per heavy atom. The molecular formula is C25H28F3NO5. The highest BCUT2D eigenvalue weighted by molar-refractivity contribution is 5.76. The molecule has 0 aliphatic carbocycles. The molecule has 0 unspecified atom stereocenters. The summed E-state index contributed by atoms with van der Waals surface area (Å²) in [5.41, 5.74) is 0.0685. The van der Waals surface area contributed by atoms with Crippen molar-refractivity contribution in [3.05, 3.63) is 64.7 Å². The van der Waals surface area contributed by atoms with Gasteiger partial charge in [0, 0.05) is 19.0 Å². The lowest BCUT2D eigenvalue weighted by atomic mass is 9.90. The molecule has 1 atom stereocenters. The second-order valence-corrected chi connectivity index (χ2v) is 8.98. The zero-order chi connectivity index (χ0) is 25.1. The van der Waals surface area contributed by atoms with E-state index in [-0.39, 0.29) is 12.5 Å². The average Bonchev–Trinajstić information content (AvgIpc) is 2.78. The van der Waals surface area contributed by atoms with E-state index in [1.165, 1.54) is 26.0 Å². The smallest absolute Gasteiger partial charge is 0.416 e. The maximum absolute atomic E-state index is 12.7. The molecule has 184 valence electrons. The molecule has 0 radical (unpaired) electrons. The van der Waals surface area contributed by atoms with Crippen LogP contribution in [0.2, 0.25) is 0 Å². The standard InChI is InChI=1S/C25H28F3NO5/c1-16-6-9-18(13-21(16)34-24(2,3)22(30)31)19-5-4-12-29(14-19)23(32)33-15-17-7-10-20(11-8-17)25(26,27)28/h6-11,13,19H,4-5,12,14-15H2,1-3H3,(H,30,31)/t19-/m0/s1. The van der Waals surface area contributed by atoms with Gasteiger partial charge in [0.25, 0.3) is 0 Å². The van der Waals surface area contributed by atoms with E-state index in [0.717, 1.165) is 36.1 Å². The van der Waals surface area contributed by atoms with Gasteiger partial charge >= 0.3 is 18.2 Å². The number of halogens is 3. The fraction of sp³-hybridized carbons (Fsp3) is 0.440. The van der Waals surface area contributed by atoms with Crippen LogP contribution < -0.4 is 4.74 Å². The number of hydrogen-bond acceptors (Lipinski definition) is 4. The van der Waals surface area contributed by atoms with Crippen LogP contribution in [0.5, 0.6) is 5.75 Å². The molecule has 9 heteroatoms. The number of amides is 1. The summed E-state index contributed by atoms with van der Waals surface area (Å²) in [5, 5.41) is 9.36. The largest absolute Gasteiger partial charge is 0.478 e. The molecule has 1 amide bonds. The zero-order valence-electron chi connectivity index (χ0n) is 19.3. The lowest BCUT2D eigenvalue weighted by Crippen LogP contribution is -2.39. The predicted octanol–water partition coefficient (Wildman–Crippen LogP) is 5.77. The summed E-state index contributed by atoms with van der Waals surface area (Å²) in [7, 11) is 0. The molecule has 0 spiro atoms. The molecule has 3 rings (SSSR count). The molecule has 2 aromatic carbocycles. The third kappa shape index (κ3) is 6.21. The minimum atomic E-state index is -4.41. The summed E-state index contributed by atoms with van der Waals surface area (Å²) in [4.78, 5) is 25.6. The molecule has 1 heterocycles. The van der Waals surface area contributed by atoms with Crippen LogP contribution in [0.15, 0.2) is 42.5 Å². The molecule has 6 nitrogen and oxygen atoms in total. The molecule has 0 bridgehead atoms. The van der Waals surface area contributed by atoms with Crippen molar-refractivity contribution in [1.29, 1.82) is 0 Å². The van der Waals surface area contributed by atoms with Crippen LogP contribution in [-0.2, 0) is 22.3 Å².